The topological polar surface area (TPSA) is 49.9 Å². The Morgan fingerprint density at radius 2 is 1.34 bits per heavy atom. The van der Waals surface area contributed by atoms with Crippen molar-refractivity contribution in [2.75, 3.05) is 18.0 Å². The number of aromatic nitrogens is 4. The number of thioether (sulfide) groups is 1. The van der Waals surface area contributed by atoms with Gasteiger partial charge in [0.2, 0.25) is 10.8 Å². The first kappa shape index (κ1) is 45.4. The predicted octanol–water partition coefficient (Wildman–Crippen LogP) is 16.1. The molecule has 1 aromatic heterocycles. The van der Waals surface area contributed by atoms with Crippen LogP contribution in [-0.2, 0) is 10.8 Å². The molecule has 9 heteroatoms. The van der Waals surface area contributed by atoms with Gasteiger partial charge in [-0.3, -0.25) is 0 Å². The smallest absolute Gasteiger partial charge is 0.218 e. The molecule has 10 rings (SSSR count). The summed E-state index contributed by atoms with van der Waals surface area (Å²) in [5.41, 5.74) is 13.2. The van der Waals surface area contributed by atoms with Gasteiger partial charge in [0.05, 0.1) is 11.1 Å². The van der Waals surface area contributed by atoms with E-state index < -0.39 is 0 Å². The van der Waals surface area contributed by atoms with Gasteiger partial charge in [0, 0.05) is 61.3 Å². The largest absolute Gasteiger partial charge is 0.344 e. The van der Waals surface area contributed by atoms with Crippen LogP contribution < -0.4 is 4.90 Å². The van der Waals surface area contributed by atoms with Crippen LogP contribution in [0.25, 0.3) is 38.4 Å². The molecule has 67 heavy (non-hydrogen) atoms. The molecule has 7 aromatic rings. The summed E-state index contributed by atoms with van der Waals surface area (Å²) in [7, 11) is 0. The van der Waals surface area contributed by atoms with Gasteiger partial charge in [-0.15, -0.1) is 5.10 Å². The zero-order chi connectivity index (χ0) is 46.5. The van der Waals surface area contributed by atoms with Gasteiger partial charge in [-0.05, 0) is 159 Å². The highest BCUT2D eigenvalue weighted by Crippen LogP contribution is 2.53. The lowest BCUT2D eigenvalue weighted by atomic mass is 9.79. The Morgan fingerprint density at radius 3 is 2.07 bits per heavy atom. The number of fused-ring (bicyclic) bond motifs is 7. The number of unbranched alkanes of at least 4 members (excludes halogenated alkanes) is 4. The van der Waals surface area contributed by atoms with E-state index in [1.165, 1.54) is 103 Å². The molecule has 0 amide bonds. The van der Waals surface area contributed by atoms with Gasteiger partial charge in [0.1, 0.15) is 6.54 Å². The number of anilines is 1. The maximum absolute atomic E-state index is 4.68. The lowest BCUT2D eigenvalue weighted by Gasteiger charge is -2.27. The molecule has 0 unspecified atom stereocenters. The van der Waals surface area contributed by atoms with Gasteiger partial charge in [-0.1, -0.05) is 146 Å². The van der Waals surface area contributed by atoms with Crippen molar-refractivity contribution in [3.05, 3.63) is 181 Å². The van der Waals surface area contributed by atoms with Gasteiger partial charge >= 0.3 is 0 Å². The van der Waals surface area contributed by atoms with Crippen LogP contribution in [0.15, 0.2) is 164 Å². The van der Waals surface area contributed by atoms with Crippen molar-refractivity contribution >= 4 is 93.4 Å². The third-order valence-corrected chi connectivity index (χ3v) is 16.1. The normalized spacial score (nSPS) is 17.3. The Labute approximate surface area is 416 Å². The number of halogens is 2. The first-order valence-electron chi connectivity index (χ1n) is 23.9. The highest BCUT2D eigenvalue weighted by Gasteiger charge is 2.46. The average molecular weight is 1030 g/mol. The SMILES string of the molecule is CCCCCN1/C(=C/C=C2C(Sc3nnnn3-c3ccccc3)=C(/C=C/C3=[N+](CCCCC)c4ccc5cc(Br)ccc5c4C3(C)C)c3ccccc3/2)C(C)(C)c2c1ccc1cc(Br)ccc21. The van der Waals surface area contributed by atoms with Crippen molar-refractivity contribution < 1.29 is 4.58 Å². The van der Waals surface area contributed by atoms with Crippen molar-refractivity contribution in [2.24, 2.45) is 0 Å². The average Bonchev–Trinajstić information content (AvgIpc) is 4.02. The minimum atomic E-state index is -0.248. The predicted molar refractivity (Wildman–Crippen MR) is 289 cm³/mol. The van der Waals surface area contributed by atoms with E-state index in [1.54, 1.807) is 11.8 Å². The fourth-order valence-electron chi connectivity index (χ4n) is 10.8. The van der Waals surface area contributed by atoms with E-state index in [-0.39, 0.29) is 10.8 Å². The Balaban J connectivity index is 1.16. The summed E-state index contributed by atoms with van der Waals surface area (Å²) >= 11 is 9.13. The number of hydrogen-bond donors (Lipinski definition) is 0. The Hall–Kier alpha value is -5.35. The standard InChI is InChI=1S/C58H57Br2N6S/c1-7-9-16-34-64-49-30-22-38-36-40(59)24-26-43(38)53(49)57(3,4)51(64)32-28-47-45-20-14-15-21-46(45)48(55(47)67-56-61-62-63-66(56)42-18-12-11-13-19-42)29-33-52-58(5,6)54-44-27-25-41(60)37-39(44)23-31-50(54)65(52)35-17-10-8-2/h11-15,18-33,36-37H,7-10,16-17,34-35H2,1-6H3/q+1. The fourth-order valence-corrected chi connectivity index (χ4v) is 12.6. The molecular weight excluding hydrogens is 973 g/mol. The van der Waals surface area contributed by atoms with Gasteiger partial charge in [0.25, 0.3) is 0 Å². The monoisotopic (exact) mass is 1030 g/mol. The van der Waals surface area contributed by atoms with Crippen LogP contribution in [-0.4, -0.2) is 43.6 Å². The molecule has 3 aliphatic rings. The fraction of sp³-hybridized carbons (Fsp3) is 0.276. The molecular formula is C58H57Br2N6S+. The second-order valence-electron chi connectivity index (χ2n) is 19.1. The molecule has 338 valence electrons. The Morgan fingerprint density at radius 1 is 0.672 bits per heavy atom. The van der Waals surface area contributed by atoms with Crippen LogP contribution in [0.3, 0.4) is 0 Å². The molecule has 0 radical (unpaired) electrons. The minimum absolute atomic E-state index is 0.248. The third-order valence-electron chi connectivity index (χ3n) is 14.0. The molecule has 0 atom stereocenters. The van der Waals surface area contributed by atoms with E-state index in [9.17, 15) is 0 Å². The maximum atomic E-state index is 4.68. The zero-order valence-corrected chi connectivity index (χ0v) is 43.3. The molecule has 0 fully saturated rings. The number of allylic oxidation sites excluding steroid dienone is 7. The second kappa shape index (κ2) is 18.6. The van der Waals surface area contributed by atoms with Gasteiger partial charge in [-0.25, -0.2) is 0 Å². The van der Waals surface area contributed by atoms with E-state index in [0.29, 0.717) is 5.16 Å². The van der Waals surface area contributed by atoms with Crippen LogP contribution in [0.4, 0.5) is 11.4 Å². The highest BCUT2D eigenvalue weighted by atomic mass is 79.9. The molecule has 0 spiro atoms. The number of tetrazole rings is 1. The lowest BCUT2D eigenvalue weighted by Crippen LogP contribution is -2.28. The highest BCUT2D eigenvalue weighted by molar-refractivity contribution is 9.10. The first-order chi connectivity index (χ1) is 32.5. The Bertz CT molecular complexity index is 3230. The summed E-state index contributed by atoms with van der Waals surface area (Å²) < 4.78 is 6.66. The number of hydrogen-bond acceptors (Lipinski definition) is 5. The summed E-state index contributed by atoms with van der Waals surface area (Å²) in [6.45, 7) is 16.1. The molecule has 0 saturated carbocycles. The zero-order valence-electron chi connectivity index (χ0n) is 39.3. The van der Waals surface area contributed by atoms with Crippen LogP contribution in [0.2, 0.25) is 0 Å². The first-order valence-corrected chi connectivity index (χ1v) is 26.3. The minimum Gasteiger partial charge on any atom is -0.344 e. The van der Waals surface area contributed by atoms with Crippen LogP contribution >= 0.6 is 43.6 Å². The number of para-hydroxylation sites is 1. The van der Waals surface area contributed by atoms with Crippen molar-refractivity contribution in [2.45, 2.75) is 96.1 Å². The van der Waals surface area contributed by atoms with Crippen LogP contribution in [0.1, 0.15) is 102 Å². The number of rotatable bonds is 14. The molecule has 3 heterocycles. The Kier molecular flexibility index (Phi) is 12.6. The van der Waals surface area contributed by atoms with Crippen LogP contribution in [0, 0.1) is 0 Å². The molecule has 2 aliphatic heterocycles. The van der Waals surface area contributed by atoms with E-state index in [4.69, 9.17) is 0 Å². The molecule has 1 aliphatic carbocycles. The third kappa shape index (κ3) is 8.19. The van der Waals surface area contributed by atoms with Crippen molar-refractivity contribution in [3.8, 4) is 5.69 Å². The summed E-state index contributed by atoms with van der Waals surface area (Å²) in [5.74, 6) is 0. The lowest BCUT2D eigenvalue weighted by molar-refractivity contribution is -0.438. The van der Waals surface area contributed by atoms with E-state index in [0.717, 1.165) is 45.5 Å². The van der Waals surface area contributed by atoms with Crippen molar-refractivity contribution in [3.63, 3.8) is 0 Å². The molecule has 0 saturated heterocycles. The van der Waals surface area contributed by atoms with Gasteiger partial charge in [-0.2, -0.15) is 9.26 Å². The summed E-state index contributed by atoms with van der Waals surface area (Å²) in [4.78, 5) is 3.73. The van der Waals surface area contributed by atoms with E-state index >= 15 is 0 Å². The van der Waals surface area contributed by atoms with E-state index in [2.05, 4.69) is 220 Å². The maximum Gasteiger partial charge on any atom is 0.218 e. The quantitative estimate of drug-likeness (QED) is 0.0802. The van der Waals surface area contributed by atoms with Crippen LogP contribution in [0.5, 0.6) is 0 Å². The molecule has 6 aromatic carbocycles. The van der Waals surface area contributed by atoms with Gasteiger partial charge < -0.3 is 4.90 Å². The van der Waals surface area contributed by atoms with Gasteiger partial charge in [0.15, 0.2) is 5.71 Å². The number of nitrogens with zero attached hydrogens (tertiary/aromatic N) is 6. The van der Waals surface area contributed by atoms with Crippen molar-refractivity contribution in [1.29, 1.82) is 0 Å². The molecule has 0 bridgehead atoms. The van der Waals surface area contributed by atoms with Crippen molar-refractivity contribution in [1.82, 2.24) is 20.2 Å². The number of benzene rings is 6. The summed E-state index contributed by atoms with van der Waals surface area (Å²) in [6.07, 6.45) is 16.6. The second-order valence-corrected chi connectivity index (χ2v) is 21.9. The molecule has 6 nitrogen and oxygen atoms in total. The summed E-state index contributed by atoms with van der Waals surface area (Å²) in [6, 6.07) is 41.8. The molecule has 0 N–H and O–H groups in total. The van der Waals surface area contributed by atoms with E-state index in [1.807, 2.05) is 22.9 Å². The summed E-state index contributed by atoms with van der Waals surface area (Å²) in [5, 5.41) is 19.3.